The van der Waals surface area contributed by atoms with Gasteiger partial charge in [-0.3, -0.25) is 4.79 Å². The van der Waals surface area contributed by atoms with E-state index in [1.54, 1.807) is 6.07 Å². The zero-order valence-electron chi connectivity index (χ0n) is 19.4. The van der Waals surface area contributed by atoms with Gasteiger partial charge in [0.15, 0.2) is 11.5 Å². The first kappa shape index (κ1) is 26.5. The minimum atomic E-state index is -0.140. The van der Waals surface area contributed by atoms with E-state index in [1.807, 2.05) is 25.2 Å². The summed E-state index contributed by atoms with van der Waals surface area (Å²) in [4.78, 5) is 12.0. The molecule has 0 aliphatic rings. The van der Waals surface area contributed by atoms with Crippen molar-refractivity contribution in [1.82, 2.24) is 5.32 Å². The average Bonchev–Trinajstić information content (AvgIpc) is 2.73. The number of unbranched alkanes of at least 4 members (excludes halogenated alkanes) is 7. The highest BCUT2D eigenvalue weighted by molar-refractivity contribution is 5.77. The van der Waals surface area contributed by atoms with Crippen molar-refractivity contribution in [2.75, 3.05) is 0 Å². The molecule has 4 nitrogen and oxygen atoms in total. The summed E-state index contributed by atoms with van der Waals surface area (Å²) in [7, 11) is 0. The third-order valence-corrected chi connectivity index (χ3v) is 5.07. The maximum absolute atomic E-state index is 12.0. The van der Waals surface area contributed by atoms with Crippen molar-refractivity contribution >= 4 is 5.91 Å². The number of hydrogen-bond donors (Lipinski definition) is 3. The van der Waals surface area contributed by atoms with Crippen molar-refractivity contribution in [3.63, 3.8) is 0 Å². The van der Waals surface area contributed by atoms with Crippen molar-refractivity contribution in [3.8, 4) is 11.5 Å². The number of allylic oxidation sites excluding steroid dienone is 5. The standard InChI is InChI=1S/C27H41NO3/c1-3-4-5-6-7-8-9-10-11-12-13-14-15-16-17-18-27(31)28-23(2)21-24-19-20-25(29)26(30)22-24/h10-11,14-17,19-20,22-23,29-30H,3-9,12-13,18,21H2,1-2H3,(H,28,31)/b11-10+,15-14+,17-16+. The highest BCUT2D eigenvalue weighted by Gasteiger charge is 2.08. The van der Waals surface area contributed by atoms with Gasteiger partial charge in [-0.1, -0.05) is 81.6 Å². The van der Waals surface area contributed by atoms with Crippen LogP contribution < -0.4 is 5.32 Å². The van der Waals surface area contributed by atoms with E-state index in [-0.39, 0.29) is 23.4 Å². The Bertz CT molecular complexity index is 706. The maximum Gasteiger partial charge on any atom is 0.224 e. The van der Waals surface area contributed by atoms with Crippen LogP contribution in [0.1, 0.15) is 83.6 Å². The van der Waals surface area contributed by atoms with Crippen LogP contribution >= 0.6 is 0 Å². The Morgan fingerprint density at radius 3 is 2.35 bits per heavy atom. The van der Waals surface area contributed by atoms with Gasteiger partial charge >= 0.3 is 0 Å². The lowest BCUT2D eigenvalue weighted by atomic mass is 10.1. The third kappa shape index (κ3) is 14.2. The van der Waals surface area contributed by atoms with Gasteiger partial charge in [-0.05, 0) is 56.7 Å². The molecule has 0 saturated heterocycles. The molecule has 1 rings (SSSR count). The molecule has 0 radical (unpaired) electrons. The normalized spacial score (nSPS) is 12.8. The molecule has 0 fully saturated rings. The van der Waals surface area contributed by atoms with Gasteiger partial charge in [-0.2, -0.15) is 0 Å². The molecule has 1 atom stereocenters. The molecule has 0 aromatic heterocycles. The van der Waals surface area contributed by atoms with Crippen LogP contribution in [0.15, 0.2) is 54.7 Å². The minimum Gasteiger partial charge on any atom is -0.504 e. The fraction of sp³-hybridized carbons (Fsp3) is 0.519. The summed E-state index contributed by atoms with van der Waals surface area (Å²) in [6, 6.07) is 4.67. The van der Waals surface area contributed by atoms with Crippen LogP contribution in [0.5, 0.6) is 11.5 Å². The number of hydrogen-bond acceptors (Lipinski definition) is 3. The van der Waals surface area contributed by atoms with Gasteiger partial charge in [0, 0.05) is 12.5 Å². The summed E-state index contributed by atoms with van der Waals surface area (Å²) in [6.07, 6.45) is 24.8. The van der Waals surface area contributed by atoms with Crippen LogP contribution in [0, 0.1) is 0 Å². The number of carbonyl (C=O) groups excluding carboxylic acids is 1. The van der Waals surface area contributed by atoms with E-state index in [2.05, 4.69) is 30.5 Å². The first-order chi connectivity index (χ1) is 15.0. The van der Waals surface area contributed by atoms with Gasteiger partial charge in [0.2, 0.25) is 5.91 Å². The monoisotopic (exact) mass is 427 g/mol. The van der Waals surface area contributed by atoms with Crippen molar-refractivity contribution in [3.05, 3.63) is 60.2 Å². The van der Waals surface area contributed by atoms with Gasteiger partial charge in [0.1, 0.15) is 0 Å². The van der Waals surface area contributed by atoms with E-state index >= 15 is 0 Å². The second kappa shape index (κ2) is 17.2. The molecule has 0 heterocycles. The van der Waals surface area contributed by atoms with Gasteiger partial charge in [0.05, 0.1) is 0 Å². The van der Waals surface area contributed by atoms with Gasteiger partial charge in [-0.25, -0.2) is 0 Å². The number of carbonyl (C=O) groups is 1. The number of rotatable bonds is 16. The Hall–Kier alpha value is -2.49. The summed E-state index contributed by atoms with van der Waals surface area (Å²) in [5.41, 5.74) is 0.864. The zero-order chi connectivity index (χ0) is 22.7. The maximum atomic E-state index is 12.0. The zero-order valence-corrected chi connectivity index (χ0v) is 19.4. The molecule has 1 amide bonds. The van der Waals surface area contributed by atoms with E-state index < -0.39 is 0 Å². The van der Waals surface area contributed by atoms with Crippen molar-refractivity contribution < 1.29 is 15.0 Å². The smallest absolute Gasteiger partial charge is 0.224 e. The van der Waals surface area contributed by atoms with E-state index in [4.69, 9.17) is 0 Å². The molecule has 1 aromatic carbocycles. The van der Waals surface area contributed by atoms with E-state index in [0.29, 0.717) is 12.8 Å². The molecule has 0 aliphatic carbocycles. The second-order valence-corrected chi connectivity index (χ2v) is 8.16. The number of nitrogens with one attached hydrogen (secondary N) is 1. The Labute approximate surface area is 188 Å². The quantitative estimate of drug-likeness (QED) is 0.118. The summed E-state index contributed by atoms with van der Waals surface area (Å²) >= 11 is 0. The van der Waals surface area contributed by atoms with Gasteiger partial charge in [-0.15, -0.1) is 0 Å². The van der Waals surface area contributed by atoms with Crippen molar-refractivity contribution in [2.24, 2.45) is 0 Å². The highest BCUT2D eigenvalue weighted by Crippen LogP contribution is 2.25. The predicted molar refractivity (Wildman–Crippen MR) is 130 cm³/mol. The molecule has 0 saturated carbocycles. The molecule has 1 unspecified atom stereocenters. The third-order valence-electron chi connectivity index (χ3n) is 5.07. The van der Waals surface area contributed by atoms with Crippen molar-refractivity contribution in [2.45, 2.75) is 90.5 Å². The molecule has 1 aromatic rings. The fourth-order valence-electron chi connectivity index (χ4n) is 3.33. The predicted octanol–water partition coefficient (Wildman–Crippen LogP) is 6.73. The van der Waals surface area contributed by atoms with Gasteiger partial charge in [0.25, 0.3) is 0 Å². The SMILES string of the molecule is CCCCCCCC/C=C/CC/C=C/C=C/CC(=O)NC(C)Cc1ccc(O)c(O)c1. The fourth-order valence-corrected chi connectivity index (χ4v) is 3.33. The van der Waals surface area contributed by atoms with Crippen LogP contribution in [0.3, 0.4) is 0 Å². The lowest BCUT2D eigenvalue weighted by Gasteiger charge is -2.13. The molecular weight excluding hydrogens is 386 g/mol. The topological polar surface area (TPSA) is 69.6 Å². The van der Waals surface area contributed by atoms with Crippen LogP contribution in [-0.4, -0.2) is 22.2 Å². The summed E-state index contributed by atoms with van der Waals surface area (Å²) in [6.45, 7) is 4.17. The Morgan fingerprint density at radius 1 is 0.903 bits per heavy atom. The largest absolute Gasteiger partial charge is 0.504 e. The van der Waals surface area contributed by atoms with E-state index in [1.165, 1.54) is 57.1 Å². The van der Waals surface area contributed by atoms with Crippen LogP contribution in [0.25, 0.3) is 0 Å². The molecule has 3 N–H and O–H groups in total. The first-order valence-corrected chi connectivity index (χ1v) is 11.8. The molecule has 172 valence electrons. The Morgan fingerprint density at radius 2 is 1.58 bits per heavy atom. The average molecular weight is 428 g/mol. The lowest BCUT2D eigenvalue weighted by molar-refractivity contribution is -0.120. The highest BCUT2D eigenvalue weighted by atomic mass is 16.3. The number of amides is 1. The molecule has 4 heteroatoms. The summed E-state index contributed by atoms with van der Waals surface area (Å²) < 4.78 is 0. The lowest BCUT2D eigenvalue weighted by Crippen LogP contribution is -2.33. The molecule has 0 aliphatic heterocycles. The summed E-state index contributed by atoms with van der Waals surface area (Å²) in [5, 5.41) is 21.8. The minimum absolute atomic E-state index is 0.0298. The van der Waals surface area contributed by atoms with Crippen LogP contribution in [0.2, 0.25) is 0 Å². The van der Waals surface area contributed by atoms with Crippen LogP contribution in [0.4, 0.5) is 0 Å². The van der Waals surface area contributed by atoms with Crippen molar-refractivity contribution in [1.29, 1.82) is 0 Å². The van der Waals surface area contributed by atoms with E-state index in [9.17, 15) is 15.0 Å². The Balaban J connectivity index is 2.08. The second-order valence-electron chi connectivity index (χ2n) is 8.16. The first-order valence-electron chi connectivity index (χ1n) is 11.8. The number of benzene rings is 1. The molecule has 0 spiro atoms. The number of phenols is 2. The Kier molecular flexibility index (Phi) is 14.7. The number of phenolic OH excluding ortho intramolecular Hbond substituents is 2. The number of aromatic hydroxyl groups is 2. The van der Waals surface area contributed by atoms with Crippen LogP contribution in [-0.2, 0) is 11.2 Å². The molecular formula is C27H41NO3. The molecule has 0 bridgehead atoms. The van der Waals surface area contributed by atoms with Gasteiger partial charge < -0.3 is 15.5 Å². The van der Waals surface area contributed by atoms with E-state index in [0.717, 1.165) is 18.4 Å². The molecule has 31 heavy (non-hydrogen) atoms. The summed E-state index contributed by atoms with van der Waals surface area (Å²) in [5.74, 6) is -0.306.